The highest BCUT2D eigenvalue weighted by Gasteiger charge is 2.33. The Labute approximate surface area is 147 Å². The van der Waals surface area contributed by atoms with Gasteiger partial charge < -0.3 is 4.90 Å². The number of sulfone groups is 1. The molecule has 0 aliphatic carbocycles. The number of nitrogens with zero attached hydrogens (tertiary/aromatic N) is 1. The summed E-state index contributed by atoms with van der Waals surface area (Å²) in [6, 6.07) is 13.6. The van der Waals surface area contributed by atoms with Crippen molar-refractivity contribution in [3.63, 3.8) is 0 Å². The molecule has 0 aromatic heterocycles. The molecule has 0 saturated heterocycles. The van der Waals surface area contributed by atoms with E-state index in [9.17, 15) is 17.6 Å². The van der Waals surface area contributed by atoms with Crippen LogP contribution >= 0.6 is 0 Å². The summed E-state index contributed by atoms with van der Waals surface area (Å²) in [6.07, 6.45) is 1.69. The Morgan fingerprint density at radius 1 is 1.12 bits per heavy atom. The molecule has 4 nitrogen and oxygen atoms in total. The molecule has 0 bridgehead atoms. The quantitative estimate of drug-likeness (QED) is 0.841. The smallest absolute Gasteiger partial charge is 0.224 e. The van der Waals surface area contributed by atoms with Crippen molar-refractivity contribution in [1.82, 2.24) is 4.90 Å². The van der Waals surface area contributed by atoms with E-state index in [1.807, 2.05) is 24.3 Å². The lowest BCUT2D eigenvalue weighted by molar-refractivity contribution is -0.132. The second kappa shape index (κ2) is 6.96. The largest absolute Gasteiger partial charge is 0.331 e. The maximum Gasteiger partial charge on any atom is 0.224 e. The fraction of sp³-hybridized carbons (Fsp3) is 0.316. The van der Waals surface area contributed by atoms with Gasteiger partial charge in [0.05, 0.1) is 11.8 Å². The Hall–Kier alpha value is -2.21. The molecular weight excluding hydrogens is 341 g/mol. The summed E-state index contributed by atoms with van der Waals surface area (Å²) in [7, 11) is -3.23. The van der Waals surface area contributed by atoms with Gasteiger partial charge in [-0.05, 0) is 23.6 Å². The molecule has 3 rings (SSSR count). The van der Waals surface area contributed by atoms with Gasteiger partial charge in [0.25, 0.3) is 0 Å². The molecule has 0 saturated carbocycles. The minimum atomic E-state index is -3.23. The topological polar surface area (TPSA) is 54.5 Å². The van der Waals surface area contributed by atoms with Crippen LogP contribution in [-0.2, 0) is 21.1 Å². The van der Waals surface area contributed by atoms with Crippen molar-refractivity contribution in [2.24, 2.45) is 0 Å². The van der Waals surface area contributed by atoms with Crippen LogP contribution in [0, 0.1) is 5.82 Å². The molecule has 2 aromatic carbocycles. The lowest BCUT2D eigenvalue weighted by atomic mass is 9.87. The van der Waals surface area contributed by atoms with Crippen molar-refractivity contribution in [3.05, 3.63) is 71.0 Å². The first-order valence-corrected chi connectivity index (χ1v) is 10.2. The van der Waals surface area contributed by atoms with Crippen molar-refractivity contribution in [3.8, 4) is 0 Å². The van der Waals surface area contributed by atoms with E-state index in [1.165, 1.54) is 6.07 Å². The Kier molecular flexibility index (Phi) is 4.90. The highest BCUT2D eigenvalue weighted by molar-refractivity contribution is 7.90. The number of halogens is 1. The van der Waals surface area contributed by atoms with Gasteiger partial charge in [-0.1, -0.05) is 42.5 Å². The summed E-state index contributed by atoms with van der Waals surface area (Å²) in [5.41, 5.74) is 2.41. The average Bonchev–Trinajstić information content (AvgIpc) is 2.59. The average molecular weight is 361 g/mol. The zero-order valence-electron chi connectivity index (χ0n) is 14.0. The van der Waals surface area contributed by atoms with Crippen molar-refractivity contribution in [2.75, 3.05) is 18.6 Å². The van der Waals surface area contributed by atoms with Crippen molar-refractivity contribution in [1.29, 1.82) is 0 Å². The van der Waals surface area contributed by atoms with Crippen LogP contribution in [0.15, 0.2) is 48.5 Å². The van der Waals surface area contributed by atoms with Crippen molar-refractivity contribution < 1.29 is 17.6 Å². The minimum Gasteiger partial charge on any atom is -0.331 e. The minimum absolute atomic E-state index is 0.0913. The third kappa shape index (κ3) is 3.90. The van der Waals surface area contributed by atoms with Gasteiger partial charge in [0.2, 0.25) is 5.91 Å². The summed E-state index contributed by atoms with van der Waals surface area (Å²) >= 11 is 0. The Bertz CT molecular complexity index is 895. The number of carbonyl (C=O) groups is 1. The molecule has 1 heterocycles. The fourth-order valence-electron chi connectivity index (χ4n) is 3.28. The van der Waals surface area contributed by atoms with E-state index in [-0.39, 0.29) is 23.9 Å². The number of rotatable bonds is 4. The van der Waals surface area contributed by atoms with E-state index in [2.05, 4.69) is 0 Å². The lowest BCUT2D eigenvalue weighted by Crippen LogP contribution is -2.41. The van der Waals surface area contributed by atoms with Gasteiger partial charge in [-0.25, -0.2) is 12.8 Å². The van der Waals surface area contributed by atoms with Gasteiger partial charge in [-0.15, -0.1) is 0 Å². The SMILES string of the molecule is CS(=O)(=O)CCC(=O)N1CCc2ccccc2C1c1ccccc1F. The van der Waals surface area contributed by atoms with Gasteiger partial charge >= 0.3 is 0 Å². The standard InChI is InChI=1S/C19H20FNO3S/c1-25(23,24)13-11-18(22)21-12-10-14-6-2-3-7-15(14)19(21)16-8-4-5-9-17(16)20/h2-9,19H,10-13H2,1H3. The normalized spacial score (nSPS) is 17.2. The summed E-state index contributed by atoms with van der Waals surface area (Å²) in [4.78, 5) is 14.3. The Balaban J connectivity index is 2.00. The Morgan fingerprint density at radius 2 is 1.76 bits per heavy atom. The molecular formula is C19H20FNO3S. The number of benzene rings is 2. The van der Waals surface area contributed by atoms with E-state index >= 15 is 0 Å². The van der Waals surface area contributed by atoms with Gasteiger partial charge in [-0.3, -0.25) is 4.79 Å². The third-order valence-electron chi connectivity index (χ3n) is 4.49. The number of amides is 1. The summed E-state index contributed by atoms with van der Waals surface area (Å²) in [6.45, 7) is 0.443. The Morgan fingerprint density at radius 3 is 2.44 bits per heavy atom. The monoisotopic (exact) mass is 361 g/mol. The van der Waals surface area contributed by atoms with Crippen molar-refractivity contribution >= 4 is 15.7 Å². The van der Waals surface area contributed by atoms with Crippen LogP contribution in [0.4, 0.5) is 4.39 Å². The number of hydrogen-bond donors (Lipinski definition) is 0. The summed E-state index contributed by atoms with van der Waals surface area (Å²) in [5, 5.41) is 0. The molecule has 25 heavy (non-hydrogen) atoms. The van der Waals surface area contributed by atoms with E-state index in [0.717, 1.165) is 17.4 Å². The van der Waals surface area contributed by atoms with Crippen LogP contribution in [-0.4, -0.2) is 37.8 Å². The highest BCUT2D eigenvalue weighted by Crippen LogP contribution is 2.36. The molecule has 1 aliphatic rings. The molecule has 0 spiro atoms. The maximum atomic E-state index is 14.4. The summed E-state index contributed by atoms with van der Waals surface area (Å²) < 4.78 is 37.2. The van der Waals surface area contributed by atoms with E-state index < -0.39 is 15.9 Å². The first kappa shape index (κ1) is 17.6. The molecule has 1 atom stereocenters. The van der Waals surface area contributed by atoms with E-state index in [1.54, 1.807) is 23.1 Å². The lowest BCUT2D eigenvalue weighted by Gasteiger charge is -2.38. The first-order chi connectivity index (χ1) is 11.9. The fourth-order valence-corrected chi connectivity index (χ4v) is 3.83. The van der Waals surface area contributed by atoms with Gasteiger partial charge in [0.1, 0.15) is 15.7 Å². The van der Waals surface area contributed by atoms with Crippen LogP contribution < -0.4 is 0 Å². The predicted octanol–water partition coefficient (Wildman–Crippen LogP) is 2.73. The molecule has 1 aliphatic heterocycles. The molecule has 0 N–H and O–H groups in total. The predicted molar refractivity (Wildman–Crippen MR) is 94.4 cm³/mol. The van der Waals surface area contributed by atoms with Crippen LogP contribution in [0.1, 0.15) is 29.2 Å². The molecule has 1 unspecified atom stereocenters. The molecule has 132 valence electrons. The molecule has 0 radical (unpaired) electrons. The van der Waals surface area contributed by atoms with Crippen LogP contribution in [0.3, 0.4) is 0 Å². The molecule has 6 heteroatoms. The maximum absolute atomic E-state index is 14.4. The van der Waals surface area contributed by atoms with Crippen LogP contribution in [0.25, 0.3) is 0 Å². The second-order valence-electron chi connectivity index (χ2n) is 6.34. The molecule has 1 amide bonds. The number of carbonyl (C=O) groups excluding carboxylic acids is 1. The van der Waals surface area contributed by atoms with Gasteiger partial charge in [-0.2, -0.15) is 0 Å². The van der Waals surface area contributed by atoms with Crippen LogP contribution in [0.5, 0.6) is 0 Å². The van der Waals surface area contributed by atoms with Crippen molar-refractivity contribution in [2.45, 2.75) is 18.9 Å². The van der Waals surface area contributed by atoms with E-state index in [0.29, 0.717) is 18.5 Å². The molecule has 2 aromatic rings. The highest BCUT2D eigenvalue weighted by atomic mass is 32.2. The van der Waals surface area contributed by atoms with E-state index in [4.69, 9.17) is 0 Å². The summed E-state index contributed by atoms with van der Waals surface area (Å²) in [5.74, 6) is -0.841. The molecule has 0 fully saturated rings. The number of hydrogen-bond acceptors (Lipinski definition) is 3. The zero-order valence-corrected chi connectivity index (χ0v) is 14.8. The first-order valence-electron chi connectivity index (χ1n) is 8.16. The second-order valence-corrected chi connectivity index (χ2v) is 8.60. The number of fused-ring (bicyclic) bond motifs is 1. The zero-order chi connectivity index (χ0) is 18.0. The van der Waals surface area contributed by atoms with Gasteiger partial charge in [0, 0.05) is 24.8 Å². The third-order valence-corrected chi connectivity index (χ3v) is 5.44. The van der Waals surface area contributed by atoms with Gasteiger partial charge in [0.15, 0.2) is 0 Å². The van der Waals surface area contributed by atoms with Crippen LogP contribution in [0.2, 0.25) is 0 Å².